The largest absolute Gasteiger partial charge is 0.298 e. The standard InChI is InChI=1S/C26H16Cl2N4O2S/c27-17-11-13-18(14-12-17)31-25(34)21(24(33)29-26(31)35)15-20-22(16-7-3-1-4-8-16)30-32(23(20)28)19-9-5-2-6-10-19/h1-15H,(H,29,33,35)/b21-15+. The van der Waals surface area contributed by atoms with Crippen molar-refractivity contribution in [3.8, 4) is 16.9 Å². The fraction of sp³-hybridized carbons (Fsp3) is 0. The van der Waals surface area contributed by atoms with Crippen molar-refractivity contribution in [1.29, 1.82) is 0 Å². The molecule has 1 aliphatic rings. The molecule has 1 fully saturated rings. The quantitative estimate of drug-likeness (QED) is 0.214. The predicted molar refractivity (Wildman–Crippen MR) is 142 cm³/mol. The highest BCUT2D eigenvalue weighted by atomic mass is 35.5. The van der Waals surface area contributed by atoms with E-state index in [0.717, 1.165) is 11.3 Å². The van der Waals surface area contributed by atoms with Crippen LogP contribution in [0.1, 0.15) is 5.56 Å². The van der Waals surface area contributed by atoms with Gasteiger partial charge in [-0.2, -0.15) is 5.10 Å². The van der Waals surface area contributed by atoms with Crippen molar-refractivity contribution in [2.45, 2.75) is 0 Å². The number of nitrogens with one attached hydrogen (secondary N) is 1. The van der Waals surface area contributed by atoms with E-state index < -0.39 is 11.8 Å². The van der Waals surface area contributed by atoms with E-state index in [9.17, 15) is 9.59 Å². The number of carbonyl (C=O) groups is 2. The minimum absolute atomic E-state index is 0.0196. The van der Waals surface area contributed by atoms with Gasteiger partial charge in [0.25, 0.3) is 11.8 Å². The SMILES string of the molecule is O=C1NC(=S)N(c2ccc(Cl)cc2)C(=O)/C1=C/c1c(-c2ccccc2)nn(-c2ccccc2)c1Cl. The fourth-order valence-electron chi connectivity index (χ4n) is 3.71. The predicted octanol–water partition coefficient (Wildman–Crippen LogP) is 5.68. The molecule has 172 valence electrons. The Bertz CT molecular complexity index is 1480. The van der Waals surface area contributed by atoms with E-state index in [1.54, 1.807) is 28.9 Å². The zero-order chi connectivity index (χ0) is 24.5. The van der Waals surface area contributed by atoms with E-state index in [0.29, 0.717) is 22.0 Å². The second-order valence-corrected chi connectivity index (χ2v) is 8.78. The van der Waals surface area contributed by atoms with Gasteiger partial charge >= 0.3 is 0 Å². The molecule has 4 aromatic rings. The zero-order valence-corrected chi connectivity index (χ0v) is 20.3. The molecule has 5 rings (SSSR count). The van der Waals surface area contributed by atoms with E-state index in [1.165, 1.54) is 11.0 Å². The van der Waals surface area contributed by atoms with Gasteiger partial charge in [0.15, 0.2) is 5.11 Å². The van der Waals surface area contributed by atoms with Crippen LogP contribution in [0, 0.1) is 0 Å². The highest BCUT2D eigenvalue weighted by Gasteiger charge is 2.35. The summed E-state index contributed by atoms with van der Waals surface area (Å²) in [4.78, 5) is 27.6. The number of nitrogens with zero attached hydrogens (tertiary/aromatic N) is 3. The number of hydrogen-bond acceptors (Lipinski definition) is 4. The number of carbonyl (C=O) groups excluding carboxylic acids is 2. The van der Waals surface area contributed by atoms with Crippen molar-refractivity contribution in [3.63, 3.8) is 0 Å². The summed E-state index contributed by atoms with van der Waals surface area (Å²) in [7, 11) is 0. The third-order valence-electron chi connectivity index (χ3n) is 5.39. The monoisotopic (exact) mass is 518 g/mol. The van der Waals surface area contributed by atoms with Crippen LogP contribution in [0.3, 0.4) is 0 Å². The van der Waals surface area contributed by atoms with Crippen molar-refractivity contribution in [2.24, 2.45) is 0 Å². The maximum atomic E-state index is 13.5. The molecule has 1 N–H and O–H groups in total. The van der Waals surface area contributed by atoms with Crippen LogP contribution >= 0.6 is 35.4 Å². The molecule has 1 aromatic heterocycles. The molecule has 1 aliphatic heterocycles. The van der Waals surface area contributed by atoms with Crippen molar-refractivity contribution < 1.29 is 9.59 Å². The van der Waals surface area contributed by atoms with Gasteiger partial charge in [-0.15, -0.1) is 0 Å². The number of amides is 2. The Morgan fingerprint density at radius 1 is 0.829 bits per heavy atom. The molecule has 0 atom stereocenters. The number of anilines is 1. The van der Waals surface area contributed by atoms with Crippen LogP contribution in [0.25, 0.3) is 23.0 Å². The Morgan fingerprint density at radius 3 is 2.11 bits per heavy atom. The minimum Gasteiger partial charge on any atom is -0.298 e. The Kier molecular flexibility index (Phi) is 6.21. The van der Waals surface area contributed by atoms with Gasteiger partial charge in [-0.3, -0.25) is 19.8 Å². The van der Waals surface area contributed by atoms with Gasteiger partial charge in [-0.1, -0.05) is 71.7 Å². The van der Waals surface area contributed by atoms with Crippen molar-refractivity contribution >= 4 is 64.1 Å². The van der Waals surface area contributed by atoms with Crippen LogP contribution in [-0.4, -0.2) is 26.7 Å². The molecule has 0 spiro atoms. The summed E-state index contributed by atoms with van der Waals surface area (Å²) in [6, 6.07) is 25.3. The lowest BCUT2D eigenvalue weighted by atomic mass is 10.0. The Balaban J connectivity index is 1.66. The van der Waals surface area contributed by atoms with E-state index >= 15 is 0 Å². The first-order chi connectivity index (χ1) is 16.9. The van der Waals surface area contributed by atoms with Gasteiger partial charge in [-0.05, 0) is 54.7 Å². The van der Waals surface area contributed by atoms with E-state index in [4.69, 9.17) is 40.5 Å². The molecule has 35 heavy (non-hydrogen) atoms. The molecule has 2 amide bonds. The van der Waals surface area contributed by atoms with Crippen LogP contribution in [0.4, 0.5) is 5.69 Å². The van der Waals surface area contributed by atoms with Gasteiger partial charge in [0.2, 0.25) is 0 Å². The number of rotatable bonds is 4. The summed E-state index contributed by atoms with van der Waals surface area (Å²) < 4.78 is 1.57. The van der Waals surface area contributed by atoms with Crippen molar-refractivity contribution in [2.75, 3.05) is 4.90 Å². The molecule has 0 unspecified atom stereocenters. The molecule has 0 saturated carbocycles. The van der Waals surface area contributed by atoms with E-state index in [-0.39, 0.29) is 15.8 Å². The summed E-state index contributed by atoms with van der Waals surface area (Å²) in [5, 5.41) is 8.05. The first-order valence-corrected chi connectivity index (χ1v) is 11.7. The summed E-state index contributed by atoms with van der Waals surface area (Å²) in [5.74, 6) is -1.20. The lowest BCUT2D eigenvalue weighted by Gasteiger charge is -2.28. The Morgan fingerprint density at radius 2 is 1.46 bits per heavy atom. The lowest BCUT2D eigenvalue weighted by Crippen LogP contribution is -2.54. The second kappa shape index (κ2) is 9.46. The van der Waals surface area contributed by atoms with Crippen LogP contribution in [0.5, 0.6) is 0 Å². The average molecular weight is 519 g/mol. The van der Waals surface area contributed by atoms with Crippen LogP contribution in [-0.2, 0) is 9.59 Å². The highest BCUT2D eigenvalue weighted by Crippen LogP contribution is 2.34. The molecule has 3 aromatic carbocycles. The number of hydrogen-bond donors (Lipinski definition) is 1. The van der Waals surface area contributed by atoms with Crippen LogP contribution < -0.4 is 10.2 Å². The maximum Gasteiger partial charge on any atom is 0.270 e. The topological polar surface area (TPSA) is 67.2 Å². The van der Waals surface area contributed by atoms with Gasteiger partial charge in [0.1, 0.15) is 16.4 Å². The Hall–Kier alpha value is -3.78. The van der Waals surface area contributed by atoms with Crippen molar-refractivity contribution in [3.05, 3.63) is 106 Å². The first-order valence-electron chi connectivity index (χ1n) is 10.5. The number of thiocarbonyl (C=S) groups is 1. The highest BCUT2D eigenvalue weighted by molar-refractivity contribution is 7.80. The van der Waals surface area contributed by atoms with Gasteiger partial charge < -0.3 is 0 Å². The van der Waals surface area contributed by atoms with E-state index in [2.05, 4.69) is 5.32 Å². The molecule has 0 bridgehead atoms. The summed E-state index contributed by atoms with van der Waals surface area (Å²) in [5.41, 5.74) is 2.83. The molecule has 0 radical (unpaired) electrons. The van der Waals surface area contributed by atoms with Gasteiger partial charge in [-0.25, -0.2) is 4.68 Å². The third-order valence-corrected chi connectivity index (χ3v) is 6.29. The molecule has 1 saturated heterocycles. The van der Waals surface area contributed by atoms with E-state index in [1.807, 2.05) is 60.7 Å². The lowest BCUT2D eigenvalue weighted by molar-refractivity contribution is -0.122. The second-order valence-electron chi connectivity index (χ2n) is 7.60. The number of aromatic nitrogens is 2. The Labute approximate surface area is 216 Å². The number of halogens is 2. The molecule has 0 aliphatic carbocycles. The van der Waals surface area contributed by atoms with Gasteiger partial charge in [0.05, 0.1) is 11.4 Å². The summed E-state index contributed by atoms with van der Waals surface area (Å²) in [6.07, 6.45) is 1.46. The first kappa shape index (κ1) is 23.0. The fourth-order valence-corrected chi connectivity index (χ4v) is 4.40. The van der Waals surface area contributed by atoms with Crippen molar-refractivity contribution in [1.82, 2.24) is 15.1 Å². The maximum absolute atomic E-state index is 13.5. The smallest absolute Gasteiger partial charge is 0.270 e. The summed E-state index contributed by atoms with van der Waals surface area (Å²) >= 11 is 18.1. The molecule has 6 nitrogen and oxygen atoms in total. The molecular weight excluding hydrogens is 503 g/mol. The third kappa shape index (κ3) is 4.37. The average Bonchev–Trinajstić information content (AvgIpc) is 3.19. The van der Waals surface area contributed by atoms with Crippen LogP contribution in [0.2, 0.25) is 10.2 Å². The molecule has 2 heterocycles. The van der Waals surface area contributed by atoms with Gasteiger partial charge in [0, 0.05) is 16.1 Å². The summed E-state index contributed by atoms with van der Waals surface area (Å²) in [6.45, 7) is 0. The number of benzene rings is 3. The zero-order valence-electron chi connectivity index (χ0n) is 18.0. The number of para-hydroxylation sites is 1. The normalized spacial score (nSPS) is 15.0. The molecular formula is C26H16Cl2N4O2S. The minimum atomic E-state index is -0.618. The van der Waals surface area contributed by atoms with Crippen LogP contribution in [0.15, 0.2) is 90.5 Å². The molecule has 9 heteroatoms.